The van der Waals surface area contributed by atoms with Gasteiger partial charge in [0.1, 0.15) is 19.0 Å². The lowest BCUT2D eigenvalue weighted by Gasteiger charge is -2.20. The molecule has 0 unspecified atom stereocenters. The van der Waals surface area contributed by atoms with Crippen molar-refractivity contribution >= 4 is 17.5 Å². The molecule has 9 heteroatoms. The van der Waals surface area contributed by atoms with E-state index < -0.39 is 12.8 Å². The SMILES string of the molecule is O=C(NCc1ccc(OCC(F)(F)F)cc1)c1cc(Cl)c2c(c1)OCCO2. The highest BCUT2D eigenvalue weighted by atomic mass is 35.5. The van der Waals surface area contributed by atoms with E-state index in [-0.39, 0.29) is 23.2 Å². The van der Waals surface area contributed by atoms with Gasteiger partial charge in [-0.2, -0.15) is 13.2 Å². The van der Waals surface area contributed by atoms with Crippen LogP contribution in [-0.4, -0.2) is 31.9 Å². The van der Waals surface area contributed by atoms with E-state index in [0.29, 0.717) is 35.8 Å². The van der Waals surface area contributed by atoms with Gasteiger partial charge in [-0.05, 0) is 29.8 Å². The monoisotopic (exact) mass is 401 g/mol. The van der Waals surface area contributed by atoms with E-state index >= 15 is 0 Å². The molecule has 1 amide bonds. The quantitative estimate of drug-likeness (QED) is 0.823. The Bertz CT molecular complexity index is 825. The minimum Gasteiger partial charge on any atom is -0.486 e. The molecule has 27 heavy (non-hydrogen) atoms. The maximum atomic E-state index is 12.3. The van der Waals surface area contributed by atoms with Gasteiger partial charge in [0.25, 0.3) is 5.91 Å². The Morgan fingerprint density at radius 3 is 2.56 bits per heavy atom. The molecule has 0 atom stereocenters. The van der Waals surface area contributed by atoms with Gasteiger partial charge in [0.05, 0.1) is 5.02 Å². The Labute approximate surface area is 158 Å². The highest BCUT2D eigenvalue weighted by Gasteiger charge is 2.28. The second-order valence-corrected chi connectivity index (χ2v) is 6.12. The van der Waals surface area contributed by atoms with Crippen molar-refractivity contribution in [2.45, 2.75) is 12.7 Å². The highest BCUT2D eigenvalue weighted by Crippen LogP contribution is 2.38. The zero-order valence-corrected chi connectivity index (χ0v) is 14.7. The molecule has 0 aromatic heterocycles. The van der Waals surface area contributed by atoms with E-state index in [1.54, 1.807) is 18.2 Å². The summed E-state index contributed by atoms with van der Waals surface area (Å²) in [5.74, 6) is 0.547. The lowest BCUT2D eigenvalue weighted by Crippen LogP contribution is -2.23. The van der Waals surface area contributed by atoms with Gasteiger partial charge in [-0.25, -0.2) is 0 Å². The van der Waals surface area contributed by atoms with E-state index in [1.807, 2.05) is 0 Å². The molecule has 0 bridgehead atoms. The molecule has 1 N–H and O–H groups in total. The van der Waals surface area contributed by atoms with Gasteiger partial charge in [0.15, 0.2) is 18.1 Å². The molecule has 0 radical (unpaired) electrons. The minimum atomic E-state index is -4.39. The van der Waals surface area contributed by atoms with Crippen LogP contribution in [0.1, 0.15) is 15.9 Å². The van der Waals surface area contributed by atoms with Crippen molar-refractivity contribution in [2.75, 3.05) is 19.8 Å². The molecule has 0 saturated heterocycles. The number of alkyl halides is 3. The molecule has 144 valence electrons. The van der Waals surface area contributed by atoms with Gasteiger partial charge in [-0.3, -0.25) is 4.79 Å². The average Bonchev–Trinajstić information content (AvgIpc) is 2.64. The second kappa shape index (κ2) is 7.96. The summed E-state index contributed by atoms with van der Waals surface area (Å²) in [6.07, 6.45) is -4.39. The number of amides is 1. The summed E-state index contributed by atoms with van der Waals surface area (Å²) in [5.41, 5.74) is 1.01. The molecule has 0 aliphatic carbocycles. The summed E-state index contributed by atoms with van der Waals surface area (Å²) in [7, 11) is 0. The molecule has 3 rings (SSSR count). The maximum absolute atomic E-state index is 12.3. The number of carbonyl (C=O) groups is 1. The number of hydrogen-bond acceptors (Lipinski definition) is 4. The molecule has 1 aliphatic rings. The summed E-state index contributed by atoms with van der Waals surface area (Å²) in [6.45, 7) is -0.406. The molecule has 1 aliphatic heterocycles. The Morgan fingerprint density at radius 2 is 1.85 bits per heavy atom. The summed E-state index contributed by atoms with van der Waals surface area (Å²) >= 11 is 6.11. The van der Waals surface area contributed by atoms with E-state index in [1.165, 1.54) is 18.2 Å². The molecular formula is C18H15ClF3NO4. The van der Waals surface area contributed by atoms with Gasteiger partial charge in [-0.1, -0.05) is 23.7 Å². The molecule has 2 aromatic carbocycles. The molecule has 5 nitrogen and oxygen atoms in total. The van der Waals surface area contributed by atoms with Crippen LogP contribution in [0.25, 0.3) is 0 Å². The van der Waals surface area contributed by atoms with E-state index in [9.17, 15) is 18.0 Å². The number of halogens is 4. The molecular weight excluding hydrogens is 387 g/mol. The largest absolute Gasteiger partial charge is 0.486 e. The smallest absolute Gasteiger partial charge is 0.422 e. The standard InChI is InChI=1S/C18H15ClF3NO4/c19-14-7-12(8-15-16(14)26-6-5-25-15)17(24)23-9-11-1-3-13(4-2-11)27-10-18(20,21)22/h1-4,7-8H,5-6,9-10H2,(H,23,24). The third-order valence-electron chi connectivity index (χ3n) is 3.64. The van der Waals surface area contributed by atoms with Gasteiger partial charge in [0.2, 0.25) is 0 Å². The zero-order chi connectivity index (χ0) is 19.4. The van der Waals surface area contributed by atoms with Crippen molar-refractivity contribution in [1.29, 1.82) is 0 Å². The third-order valence-corrected chi connectivity index (χ3v) is 3.92. The topological polar surface area (TPSA) is 56.8 Å². The number of hydrogen-bond donors (Lipinski definition) is 1. The van der Waals surface area contributed by atoms with Crippen LogP contribution >= 0.6 is 11.6 Å². The first kappa shape index (κ1) is 19.2. The van der Waals surface area contributed by atoms with Crippen LogP contribution in [-0.2, 0) is 6.54 Å². The number of benzene rings is 2. The Balaban J connectivity index is 1.58. The Kier molecular flexibility index (Phi) is 5.65. The van der Waals surface area contributed by atoms with Crippen LogP contribution < -0.4 is 19.5 Å². The number of nitrogens with one attached hydrogen (secondary N) is 1. The van der Waals surface area contributed by atoms with Crippen molar-refractivity contribution < 1.29 is 32.2 Å². The predicted molar refractivity (Wildman–Crippen MR) is 91.6 cm³/mol. The van der Waals surface area contributed by atoms with Gasteiger partial charge < -0.3 is 19.5 Å². The number of ether oxygens (including phenoxy) is 3. The Morgan fingerprint density at radius 1 is 1.15 bits per heavy atom. The van der Waals surface area contributed by atoms with Crippen molar-refractivity contribution in [3.05, 3.63) is 52.5 Å². The predicted octanol–water partition coefficient (Wildman–Crippen LogP) is 3.98. The van der Waals surface area contributed by atoms with Crippen LogP contribution in [0.15, 0.2) is 36.4 Å². The Hall–Kier alpha value is -2.61. The summed E-state index contributed by atoms with van der Waals surface area (Å²) in [4.78, 5) is 12.3. The van der Waals surface area contributed by atoms with Gasteiger partial charge >= 0.3 is 6.18 Å². The summed E-state index contributed by atoms with van der Waals surface area (Å²) in [5, 5.41) is 2.99. The fourth-order valence-electron chi connectivity index (χ4n) is 2.40. The highest BCUT2D eigenvalue weighted by molar-refractivity contribution is 6.32. The van der Waals surface area contributed by atoms with Crippen LogP contribution in [0.4, 0.5) is 13.2 Å². The maximum Gasteiger partial charge on any atom is 0.422 e. The van der Waals surface area contributed by atoms with E-state index in [4.69, 9.17) is 21.1 Å². The molecule has 0 spiro atoms. The number of rotatable bonds is 5. The molecule has 2 aromatic rings. The summed E-state index contributed by atoms with van der Waals surface area (Å²) < 4.78 is 51.8. The first-order valence-corrected chi connectivity index (χ1v) is 8.35. The molecule has 0 saturated carbocycles. The zero-order valence-electron chi connectivity index (χ0n) is 13.9. The van der Waals surface area contributed by atoms with Gasteiger partial charge in [0, 0.05) is 12.1 Å². The van der Waals surface area contributed by atoms with Crippen LogP contribution in [0, 0.1) is 0 Å². The lowest BCUT2D eigenvalue weighted by molar-refractivity contribution is -0.153. The average molecular weight is 402 g/mol. The van der Waals surface area contributed by atoms with Crippen molar-refractivity contribution in [1.82, 2.24) is 5.32 Å². The molecule has 1 heterocycles. The van der Waals surface area contributed by atoms with E-state index in [0.717, 1.165) is 0 Å². The van der Waals surface area contributed by atoms with Crippen LogP contribution in [0.5, 0.6) is 17.2 Å². The molecule has 0 fully saturated rings. The fraction of sp³-hybridized carbons (Fsp3) is 0.278. The number of fused-ring (bicyclic) bond motifs is 1. The fourth-order valence-corrected chi connectivity index (χ4v) is 2.66. The second-order valence-electron chi connectivity index (χ2n) is 5.71. The summed E-state index contributed by atoms with van der Waals surface area (Å²) in [6, 6.07) is 9.00. The minimum absolute atomic E-state index is 0.0982. The van der Waals surface area contributed by atoms with E-state index in [2.05, 4.69) is 10.1 Å². The van der Waals surface area contributed by atoms with Crippen molar-refractivity contribution in [3.8, 4) is 17.2 Å². The lowest BCUT2D eigenvalue weighted by atomic mass is 10.1. The van der Waals surface area contributed by atoms with Crippen LogP contribution in [0.2, 0.25) is 5.02 Å². The third kappa shape index (κ3) is 5.19. The van der Waals surface area contributed by atoms with Crippen molar-refractivity contribution in [2.24, 2.45) is 0 Å². The van der Waals surface area contributed by atoms with Gasteiger partial charge in [-0.15, -0.1) is 0 Å². The van der Waals surface area contributed by atoms with Crippen molar-refractivity contribution in [3.63, 3.8) is 0 Å². The number of carbonyl (C=O) groups excluding carboxylic acids is 1. The first-order chi connectivity index (χ1) is 12.8. The van der Waals surface area contributed by atoms with Crippen LogP contribution in [0.3, 0.4) is 0 Å². The normalized spacial score (nSPS) is 13.2. The first-order valence-electron chi connectivity index (χ1n) is 7.98.